The summed E-state index contributed by atoms with van der Waals surface area (Å²) in [6, 6.07) is 5.96. The van der Waals surface area contributed by atoms with Crippen molar-refractivity contribution < 1.29 is 15.0 Å². The van der Waals surface area contributed by atoms with E-state index < -0.39 is 5.97 Å². The van der Waals surface area contributed by atoms with Gasteiger partial charge in [-0.3, -0.25) is 0 Å². The van der Waals surface area contributed by atoms with Crippen molar-refractivity contribution >= 4 is 11.7 Å². The van der Waals surface area contributed by atoms with Crippen LogP contribution in [0.25, 0.3) is 0 Å². The predicted octanol–water partition coefficient (Wildman–Crippen LogP) is -0.356. The highest BCUT2D eigenvalue weighted by Crippen LogP contribution is 2.16. The fraction of sp³-hybridized carbons (Fsp3) is 0. The van der Waals surface area contributed by atoms with E-state index in [-0.39, 0.29) is 17.0 Å². The summed E-state index contributed by atoms with van der Waals surface area (Å²) in [5.41, 5.74) is 1.64. The van der Waals surface area contributed by atoms with Crippen LogP contribution in [0.1, 0.15) is 5.56 Å². The van der Waals surface area contributed by atoms with E-state index in [9.17, 15) is 9.90 Å². The van der Waals surface area contributed by atoms with Crippen LogP contribution in [0.5, 0.6) is 5.75 Å². The Morgan fingerprint density at radius 2 is 2.07 bits per heavy atom. The average molecular weight is 195 g/mol. The van der Waals surface area contributed by atoms with E-state index in [1.807, 2.05) is 5.53 Å². The molecule has 1 rings (SSSR count). The molecule has 0 aliphatic carbocycles. The summed E-state index contributed by atoms with van der Waals surface area (Å²) < 4.78 is 0. The lowest BCUT2D eigenvalue weighted by Gasteiger charge is -2.03. The number of nitrogens with zero attached hydrogens (tertiary/aromatic N) is 1. The number of hydrazone groups is 1. The zero-order valence-electron chi connectivity index (χ0n) is 7.14. The zero-order chi connectivity index (χ0) is 10.6. The molecule has 0 saturated heterocycles. The van der Waals surface area contributed by atoms with Crippen LogP contribution in [0.3, 0.4) is 0 Å². The summed E-state index contributed by atoms with van der Waals surface area (Å²) in [5, 5.41) is 21.4. The van der Waals surface area contributed by atoms with E-state index in [1.165, 1.54) is 12.1 Å². The van der Waals surface area contributed by atoms with Gasteiger partial charge in [0.2, 0.25) is 0 Å². The fourth-order valence-electron chi connectivity index (χ4n) is 0.962. The molecule has 14 heavy (non-hydrogen) atoms. The Morgan fingerprint density at radius 3 is 2.57 bits per heavy atom. The Morgan fingerprint density at radius 1 is 1.43 bits per heavy atom. The van der Waals surface area contributed by atoms with E-state index in [2.05, 4.69) is 5.10 Å². The van der Waals surface area contributed by atoms with Gasteiger partial charge >= 0.3 is 5.97 Å². The van der Waals surface area contributed by atoms with Crippen molar-refractivity contribution in [2.24, 2.45) is 10.9 Å². The van der Waals surface area contributed by atoms with E-state index in [0.717, 1.165) is 0 Å². The van der Waals surface area contributed by atoms with Gasteiger partial charge in [-0.2, -0.15) is 5.10 Å². The molecule has 0 radical (unpaired) electrons. The number of aliphatic carboxylic acids is 1. The van der Waals surface area contributed by atoms with Gasteiger partial charge in [0.05, 0.1) is 5.56 Å². The number of carboxylic acid groups (broad SMARTS) is 1. The molecular weight excluding hydrogens is 186 g/mol. The van der Waals surface area contributed by atoms with Gasteiger partial charge in [0.25, 0.3) is 0 Å². The minimum Gasteiger partial charge on any atom is -0.507 e. The molecular formula is C8H9N3O3. The molecule has 0 aromatic heterocycles. The Bertz CT molecular complexity index is 376. The molecule has 0 fully saturated rings. The number of phenolic OH excluding ortho intramolecular Hbond substituents is 1. The molecule has 74 valence electrons. The topological polar surface area (TPSA) is 108 Å². The molecule has 1 aromatic rings. The first-order valence-corrected chi connectivity index (χ1v) is 3.71. The minimum absolute atomic E-state index is 0.109. The number of carbonyl (C=O) groups is 1. The van der Waals surface area contributed by atoms with Crippen LogP contribution in [0, 0.1) is 0 Å². The van der Waals surface area contributed by atoms with Gasteiger partial charge in [-0.1, -0.05) is 12.1 Å². The molecule has 1 aromatic carbocycles. The first kappa shape index (κ1) is 10.0. The largest absolute Gasteiger partial charge is 0.507 e. The standard InChI is InChI=1S/C8H9N3O3/c9-11-10-7(8(13)14)5-3-1-2-4-6(5)12/h1-4,11-12H,9H2,(H,13,14). The molecule has 0 unspecified atom stereocenters. The van der Waals surface area contributed by atoms with Crippen molar-refractivity contribution in [2.75, 3.05) is 0 Å². The van der Waals surface area contributed by atoms with Gasteiger partial charge in [-0.05, 0) is 12.1 Å². The number of hydrogen-bond acceptors (Lipinski definition) is 5. The lowest BCUT2D eigenvalue weighted by atomic mass is 10.1. The molecule has 0 amide bonds. The van der Waals surface area contributed by atoms with Crippen molar-refractivity contribution in [3.05, 3.63) is 29.8 Å². The second-order valence-electron chi connectivity index (χ2n) is 2.41. The third-order valence-electron chi connectivity index (χ3n) is 1.54. The number of benzene rings is 1. The van der Waals surface area contributed by atoms with E-state index in [1.54, 1.807) is 12.1 Å². The Balaban J connectivity index is 3.19. The minimum atomic E-state index is -1.27. The quantitative estimate of drug-likeness (QED) is 0.299. The molecule has 0 spiro atoms. The Hall–Kier alpha value is -2.08. The van der Waals surface area contributed by atoms with Gasteiger partial charge in [-0.25, -0.2) is 16.2 Å². The molecule has 0 bridgehead atoms. The Kier molecular flexibility index (Phi) is 3.03. The van der Waals surface area contributed by atoms with Crippen LogP contribution in [0.15, 0.2) is 29.4 Å². The average Bonchev–Trinajstić information content (AvgIpc) is 2.15. The summed E-state index contributed by atoms with van der Waals surface area (Å²) in [6.45, 7) is 0. The van der Waals surface area contributed by atoms with Crippen LogP contribution in [0.4, 0.5) is 0 Å². The number of nitrogens with two attached hydrogens (primary N) is 1. The first-order chi connectivity index (χ1) is 6.66. The molecule has 0 heterocycles. The van der Waals surface area contributed by atoms with Gasteiger partial charge in [-0.15, -0.1) is 0 Å². The zero-order valence-corrected chi connectivity index (χ0v) is 7.14. The summed E-state index contributed by atoms with van der Waals surface area (Å²) >= 11 is 0. The fourth-order valence-corrected chi connectivity index (χ4v) is 0.962. The normalized spacial score (nSPS) is 11.1. The number of carboxylic acids is 1. The number of phenols is 1. The molecule has 0 aliphatic rings. The van der Waals surface area contributed by atoms with Crippen LogP contribution < -0.4 is 11.4 Å². The smallest absolute Gasteiger partial charge is 0.357 e. The van der Waals surface area contributed by atoms with Gasteiger partial charge in [0.15, 0.2) is 5.71 Å². The number of hydrazine groups is 1. The summed E-state index contributed by atoms with van der Waals surface area (Å²) in [6.07, 6.45) is 0. The second kappa shape index (κ2) is 4.24. The first-order valence-electron chi connectivity index (χ1n) is 3.71. The van der Waals surface area contributed by atoms with E-state index in [4.69, 9.17) is 10.9 Å². The van der Waals surface area contributed by atoms with E-state index >= 15 is 0 Å². The van der Waals surface area contributed by atoms with Crippen LogP contribution >= 0.6 is 0 Å². The maximum Gasteiger partial charge on any atom is 0.357 e. The highest BCUT2D eigenvalue weighted by Gasteiger charge is 2.15. The monoisotopic (exact) mass is 195 g/mol. The third kappa shape index (κ3) is 1.99. The van der Waals surface area contributed by atoms with Crippen LogP contribution in [0.2, 0.25) is 0 Å². The third-order valence-corrected chi connectivity index (χ3v) is 1.54. The maximum atomic E-state index is 10.7. The van der Waals surface area contributed by atoms with Crippen molar-refractivity contribution in [3.8, 4) is 5.75 Å². The number of para-hydroxylation sites is 1. The lowest BCUT2D eigenvalue weighted by Crippen LogP contribution is -2.23. The Labute approximate surface area is 79.6 Å². The highest BCUT2D eigenvalue weighted by atomic mass is 16.4. The summed E-state index contributed by atoms with van der Waals surface area (Å²) in [4.78, 5) is 10.7. The van der Waals surface area contributed by atoms with Crippen molar-refractivity contribution in [2.45, 2.75) is 0 Å². The SMILES string of the molecule is NNN=C(C(=O)O)c1ccccc1O. The van der Waals surface area contributed by atoms with Crippen molar-refractivity contribution in [3.63, 3.8) is 0 Å². The number of rotatable bonds is 3. The van der Waals surface area contributed by atoms with Crippen molar-refractivity contribution in [1.82, 2.24) is 5.53 Å². The molecule has 0 atom stereocenters. The van der Waals surface area contributed by atoms with Gasteiger partial charge in [0.1, 0.15) is 5.75 Å². The molecule has 6 nitrogen and oxygen atoms in total. The lowest BCUT2D eigenvalue weighted by molar-refractivity contribution is -0.129. The highest BCUT2D eigenvalue weighted by molar-refractivity contribution is 6.43. The maximum absolute atomic E-state index is 10.7. The van der Waals surface area contributed by atoms with Crippen LogP contribution in [-0.2, 0) is 4.79 Å². The summed E-state index contributed by atoms with van der Waals surface area (Å²) in [7, 11) is 0. The molecule has 6 heteroatoms. The number of hydrogen-bond donors (Lipinski definition) is 4. The molecule has 0 saturated carbocycles. The predicted molar refractivity (Wildman–Crippen MR) is 49.6 cm³/mol. The summed E-state index contributed by atoms with van der Waals surface area (Å²) in [5.74, 6) is 3.44. The van der Waals surface area contributed by atoms with E-state index in [0.29, 0.717) is 0 Å². The van der Waals surface area contributed by atoms with Crippen molar-refractivity contribution in [1.29, 1.82) is 0 Å². The molecule has 0 aliphatic heterocycles. The van der Waals surface area contributed by atoms with Gasteiger partial charge < -0.3 is 10.2 Å². The van der Waals surface area contributed by atoms with Gasteiger partial charge in [0, 0.05) is 0 Å². The number of aromatic hydroxyl groups is 1. The number of nitrogens with one attached hydrogen (secondary N) is 1. The second-order valence-corrected chi connectivity index (χ2v) is 2.41. The molecule has 5 N–H and O–H groups in total. The van der Waals surface area contributed by atoms with Crippen LogP contribution in [-0.4, -0.2) is 21.9 Å².